The number of hydrogen-bond donors (Lipinski definition) is 0. The molecule has 1 heterocycles. The minimum atomic E-state index is -1.27. The van der Waals surface area contributed by atoms with Crippen molar-refractivity contribution in [3.8, 4) is 0 Å². The number of amides is 1. The van der Waals surface area contributed by atoms with E-state index >= 15 is 0 Å². The molecule has 0 saturated carbocycles. The molecule has 7 heteroatoms. The lowest BCUT2D eigenvalue weighted by Gasteiger charge is -2.24. The third kappa shape index (κ3) is 3.04. The van der Waals surface area contributed by atoms with Gasteiger partial charge in [-0.15, -0.1) is 11.8 Å². The minimum Gasteiger partial charge on any atom is -0.550 e. The van der Waals surface area contributed by atoms with Gasteiger partial charge in [-0.25, -0.2) is 8.78 Å². The van der Waals surface area contributed by atoms with Crippen molar-refractivity contribution in [3.63, 3.8) is 0 Å². The molecule has 1 aromatic rings. The van der Waals surface area contributed by atoms with Gasteiger partial charge < -0.3 is 14.8 Å². The quantitative estimate of drug-likeness (QED) is 0.816. The Morgan fingerprint density at radius 1 is 1.47 bits per heavy atom. The van der Waals surface area contributed by atoms with Crippen molar-refractivity contribution in [3.05, 3.63) is 35.4 Å². The summed E-state index contributed by atoms with van der Waals surface area (Å²) in [7, 11) is 0. The molecular weight excluding hydrogens is 276 g/mol. The van der Waals surface area contributed by atoms with Crippen LogP contribution in [0.15, 0.2) is 18.2 Å². The summed E-state index contributed by atoms with van der Waals surface area (Å²) in [6, 6.07) is 3.13. The van der Waals surface area contributed by atoms with Crippen molar-refractivity contribution in [2.24, 2.45) is 0 Å². The Hall–Kier alpha value is -1.63. The molecule has 1 amide bonds. The van der Waals surface area contributed by atoms with E-state index < -0.39 is 23.0 Å². The van der Waals surface area contributed by atoms with Gasteiger partial charge in [-0.1, -0.05) is 6.07 Å². The molecule has 2 rings (SSSR count). The molecule has 1 fully saturated rings. The van der Waals surface area contributed by atoms with Crippen LogP contribution in [0.4, 0.5) is 8.78 Å². The summed E-state index contributed by atoms with van der Waals surface area (Å²) in [5, 5.41) is 9.82. The zero-order chi connectivity index (χ0) is 14.0. The average molecular weight is 286 g/mol. The van der Waals surface area contributed by atoms with Crippen LogP contribution in [0.25, 0.3) is 0 Å². The lowest BCUT2D eigenvalue weighted by atomic mass is 10.2. The standard InChI is InChI=1S/C12H11F2NO3S/c13-7-1-2-8(9(14)5-7)12-15(4-3-11(17)18)10(16)6-19-12/h1-2,5,12H,3-4,6H2,(H,17,18)/p-1/t12-/m0/s1. The predicted octanol–water partition coefficient (Wildman–Crippen LogP) is 0.679. The molecule has 0 bridgehead atoms. The highest BCUT2D eigenvalue weighted by molar-refractivity contribution is 8.00. The SMILES string of the molecule is O=C([O-])CCN1C(=O)CS[C@H]1c1ccc(F)cc1F. The van der Waals surface area contributed by atoms with Crippen molar-refractivity contribution in [1.82, 2.24) is 4.90 Å². The Morgan fingerprint density at radius 3 is 2.84 bits per heavy atom. The average Bonchev–Trinajstić information content (AvgIpc) is 2.68. The molecule has 1 saturated heterocycles. The van der Waals surface area contributed by atoms with Gasteiger partial charge in [-0.3, -0.25) is 4.79 Å². The van der Waals surface area contributed by atoms with Gasteiger partial charge in [0.25, 0.3) is 0 Å². The fourth-order valence-corrected chi connectivity index (χ4v) is 3.11. The summed E-state index contributed by atoms with van der Waals surface area (Å²) in [4.78, 5) is 23.4. The Balaban J connectivity index is 2.21. The van der Waals surface area contributed by atoms with Crippen LogP contribution in [0, 0.1) is 11.6 Å². The van der Waals surface area contributed by atoms with E-state index in [0.717, 1.165) is 12.1 Å². The van der Waals surface area contributed by atoms with Crippen LogP contribution in [-0.2, 0) is 9.59 Å². The van der Waals surface area contributed by atoms with E-state index in [2.05, 4.69) is 0 Å². The molecule has 4 nitrogen and oxygen atoms in total. The van der Waals surface area contributed by atoms with E-state index in [4.69, 9.17) is 0 Å². The number of aliphatic carboxylic acids is 1. The fraction of sp³-hybridized carbons (Fsp3) is 0.333. The normalized spacial score (nSPS) is 18.9. The van der Waals surface area contributed by atoms with Crippen molar-refractivity contribution < 1.29 is 23.5 Å². The molecule has 0 spiro atoms. The van der Waals surface area contributed by atoms with Crippen LogP contribution in [0.2, 0.25) is 0 Å². The Labute approximate surface area is 112 Å². The number of rotatable bonds is 4. The van der Waals surface area contributed by atoms with E-state index in [1.54, 1.807) is 0 Å². The second-order valence-corrected chi connectivity index (χ2v) is 5.11. The molecule has 0 radical (unpaired) electrons. The van der Waals surface area contributed by atoms with Gasteiger partial charge >= 0.3 is 0 Å². The number of thioether (sulfide) groups is 1. The molecule has 1 atom stereocenters. The molecular formula is C12H10F2NO3S-. The first-order chi connectivity index (χ1) is 8.99. The van der Waals surface area contributed by atoms with E-state index in [1.165, 1.54) is 22.7 Å². The molecule has 1 aliphatic heterocycles. The maximum Gasteiger partial charge on any atom is 0.233 e. The van der Waals surface area contributed by atoms with E-state index in [9.17, 15) is 23.5 Å². The van der Waals surface area contributed by atoms with Crippen LogP contribution < -0.4 is 5.11 Å². The molecule has 0 aliphatic carbocycles. The van der Waals surface area contributed by atoms with Gasteiger partial charge in [0, 0.05) is 30.6 Å². The molecule has 102 valence electrons. The van der Waals surface area contributed by atoms with Crippen LogP contribution in [0.1, 0.15) is 17.4 Å². The molecule has 0 aromatic heterocycles. The Morgan fingerprint density at radius 2 is 2.21 bits per heavy atom. The first-order valence-corrected chi connectivity index (χ1v) is 6.60. The van der Waals surface area contributed by atoms with E-state index in [0.29, 0.717) is 0 Å². The summed E-state index contributed by atoms with van der Waals surface area (Å²) >= 11 is 1.18. The number of nitrogens with zero attached hydrogens (tertiary/aromatic N) is 1. The van der Waals surface area contributed by atoms with Crippen molar-refractivity contribution in [1.29, 1.82) is 0 Å². The number of benzene rings is 1. The molecule has 0 unspecified atom stereocenters. The van der Waals surface area contributed by atoms with Crippen LogP contribution in [0.3, 0.4) is 0 Å². The summed E-state index contributed by atoms with van der Waals surface area (Å²) in [5.74, 6) is -2.83. The third-order valence-electron chi connectivity index (χ3n) is 2.75. The highest BCUT2D eigenvalue weighted by atomic mass is 32.2. The van der Waals surface area contributed by atoms with Crippen molar-refractivity contribution in [2.45, 2.75) is 11.8 Å². The molecule has 1 aliphatic rings. The van der Waals surface area contributed by atoms with Gasteiger partial charge in [0.15, 0.2) is 0 Å². The first-order valence-electron chi connectivity index (χ1n) is 5.55. The van der Waals surface area contributed by atoms with E-state index in [-0.39, 0.29) is 30.2 Å². The number of carbonyl (C=O) groups is 2. The Kier molecular flexibility index (Phi) is 4.04. The maximum atomic E-state index is 13.7. The fourth-order valence-electron chi connectivity index (χ4n) is 1.87. The third-order valence-corrected chi connectivity index (χ3v) is 3.99. The minimum absolute atomic E-state index is 0.0460. The van der Waals surface area contributed by atoms with Gasteiger partial charge in [0.1, 0.15) is 17.0 Å². The number of carbonyl (C=O) groups excluding carboxylic acids is 2. The summed E-state index contributed by atoms with van der Waals surface area (Å²) in [6.07, 6.45) is -0.314. The lowest BCUT2D eigenvalue weighted by Crippen LogP contribution is -2.34. The van der Waals surface area contributed by atoms with Crippen molar-refractivity contribution in [2.75, 3.05) is 12.3 Å². The second kappa shape index (κ2) is 5.56. The summed E-state index contributed by atoms with van der Waals surface area (Å²) in [5.41, 5.74) is 0.176. The molecule has 1 aromatic carbocycles. The van der Waals surface area contributed by atoms with Gasteiger partial charge in [0.2, 0.25) is 5.91 Å². The zero-order valence-electron chi connectivity index (χ0n) is 9.77. The molecule has 19 heavy (non-hydrogen) atoms. The second-order valence-electron chi connectivity index (χ2n) is 4.04. The maximum absolute atomic E-state index is 13.7. The van der Waals surface area contributed by atoms with Crippen LogP contribution in [-0.4, -0.2) is 29.1 Å². The van der Waals surface area contributed by atoms with Gasteiger partial charge in [-0.05, 0) is 6.07 Å². The topological polar surface area (TPSA) is 60.4 Å². The number of halogens is 2. The van der Waals surface area contributed by atoms with Crippen molar-refractivity contribution >= 4 is 23.6 Å². The summed E-state index contributed by atoms with van der Waals surface area (Å²) < 4.78 is 26.5. The number of carboxylic acid groups (broad SMARTS) is 1. The zero-order valence-corrected chi connectivity index (χ0v) is 10.6. The smallest absolute Gasteiger partial charge is 0.233 e. The molecule has 0 N–H and O–H groups in total. The lowest BCUT2D eigenvalue weighted by molar-refractivity contribution is -0.305. The van der Waals surface area contributed by atoms with E-state index in [1.807, 2.05) is 0 Å². The number of carboxylic acids is 1. The van der Waals surface area contributed by atoms with Gasteiger partial charge in [0.05, 0.1) is 5.75 Å². The monoisotopic (exact) mass is 286 g/mol. The van der Waals surface area contributed by atoms with Gasteiger partial charge in [-0.2, -0.15) is 0 Å². The first kappa shape index (κ1) is 13.8. The Bertz CT molecular complexity index is 524. The van der Waals surface area contributed by atoms with Crippen LogP contribution >= 0.6 is 11.8 Å². The summed E-state index contributed by atoms with van der Waals surface area (Å²) in [6.45, 7) is -0.0460. The highest BCUT2D eigenvalue weighted by Gasteiger charge is 2.34. The highest BCUT2D eigenvalue weighted by Crippen LogP contribution is 2.39. The largest absolute Gasteiger partial charge is 0.550 e. The predicted molar refractivity (Wildman–Crippen MR) is 62.9 cm³/mol. The van der Waals surface area contributed by atoms with Crippen LogP contribution in [0.5, 0.6) is 0 Å². The number of hydrogen-bond acceptors (Lipinski definition) is 4.